The van der Waals surface area contributed by atoms with E-state index in [0.717, 1.165) is 24.0 Å². The lowest BCUT2D eigenvalue weighted by atomic mass is 10.1. The van der Waals surface area contributed by atoms with Gasteiger partial charge in [-0.05, 0) is 38.3 Å². The molecule has 1 saturated heterocycles. The van der Waals surface area contributed by atoms with Gasteiger partial charge in [-0.3, -0.25) is 14.2 Å². The number of Topliss-reactive ketones (excluding diaryl/α,β-unsaturated/α-hetero) is 1. The van der Waals surface area contributed by atoms with E-state index in [9.17, 15) is 14.4 Å². The Morgan fingerprint density at radius 3 is 2.56 bits per heavy atom. The van der Waals surface area contributed by atoms with Gasteiger partial charge in [-0.2, -0.15) is 0 Å². The SMILES string of the molecule is Cc1ccc(C(=O)Cn2cnc3c2c(=O)n(C[C@H]2CCCO2)c(=O)n3-c2ccccc2C)cc1. The third kappa shape index (κ3) is 3.90. The molecule has 0 N–H and O–H groups in total. The maximum absolute atomic E-state index is 13.6. The van der Waals surface area contributed by atoms with Crippen molar-refractivity contribution >= 4 is 16.9 Å². The van der Waals surface area contributed by atoms with Crippen LogP contribution in [0, 0.1) is 13.8 Å². The summed E-state index contributed by atoms with van der Waals surface area (Å²) in [7, 11) is 0. The predicted octanol–water partition coefficient (Wildman–Crippen LogP) is 3.03. The lowest BCUT2D eigenvalue weighted by Crippen LogP contribution is -2.42. The summed E-state index contributed by atoms with van der Waals surface area (Å²) in [4.78, 5) is 44.5. The first-order valence-corrected chi connectivity index (χ1v) is 11.4. The van der Waals surface area contributed by atoms with Crippen LogP contribution in [0.5, 0.6) is 0 Å². The third-order valence-corrected chi connectivity index (χ3v) is 6.35. The Morgan fingerprint density at radius 1 is 1.09 bits per heavy atom. The van der Waals surface area contributed by atoms with E-state index in [1.807, 2.05) is 50.2 Å². The zero-order valence-electron chi connectivity index (χ0n) is 19.2. The Balaban J connectivity index is 1.68. The van der Waals surface area contributed by atoms with E-state index < -0.39 is 11.2 Å². The van der Waals surface area contributed by atoms with Gasteiger partial charge in [0.1, 0.15) is 0 Å². The van der Waals surface area contributed by atoms with Crippen LogP contribution in [-0.4, -0.2) is 37.2 Å². The van der Waals surface area contributed by atoms with Crippen molar-refractivity contribution in [2.75, 3.05) is 6.61 Å². The summed E-state index contributed by atoms with van der Waals surface area (Å²) in [5.41, 5.74) is 2.67. The molecule has 4 aromatic rings. The van der Waals surface area contributed by atoms with Gasteiger partial charge in [0.05, 0.1) is 31.2 Å². The molecule has 0 spiro atoms. The second-order valence-electron chi connectivity index (χ2n) is 8.79. The largest absolute Gasteiger partial charge is 0.376 e. The second-order valence-corrected chi connectivity index (χ2v) is 8.79. The van der Waals surface area contributed by atoms with Gasteiger partial charge in [0.15, 0.2) is 16.9 Å². The van der Waals surface area contributed by atoms with Crippen molar-refractivity contribution in [1.82, 2.24) is 18.7 Å². The van der Waals surface area contributed by atoms with E-state index in [2.05, 4.69) is 4.98 Å². The molecule has 1 fully saturated rings. The van der Waals surface area contributed by atoms with Gasteiger partial charge in [0.2, 0.25) is 0 Å². The molecule has 1 atom stereocenters. The van der Waals surface area contributed by atoms with Crippen molar-refractivity contribution in [2.45, 2.75) is 45.9 Å². The lowest BCUT2D eigenvalue weighted by Gasteiger charge is -2.16. The number of carbonyl (C=O) groups is 1. The molecule has 2 aromatic carbocycles. The number of carbonyl (C=O) groups excluding carboxylic acids is 1. The first-order valence-electron chi connectivity index (χ1n) is 11.4. The molecule has 8 nitrogen and oxygen atoms in total. The molecule has 1 aliphatic heterocycles. The molecule has 8 heteroatoms. The Hall–Kier alpha value is -3.78. The molecule has 0 aliphatic carbocycles. The molecule has 34 heavy (non-hydrogen) atoms. The normalized spacial score (nSPS) is 15.8. The minimum Gasteiger partial charge on any atom is -0.376 e. The number of ketones is 1. The molecule has 0 unspecified atom stereocenters. The van der Waals surface area contributed by atoms with Crippen molar-refractivity contribution in [1.29, 1.82) is 0 Å². The molecule has 0 amide bonds. The molecule has 2 aromatic heterocycles. The van der Waals surface area contributed by atoms with Crippen LogP contribution in [0.1, 0.15) is 34.3 Å². The fourth-order valence-corrected chi connectivity index (χ4v) is 4.47. The Labute approximate surface area is 196 Å². The van der Waals surface area contributed by atoms with Gasteiger partial charge in [0.25, 0.3) is 5.56 Å². The number of para-hydroxylation sites is 1. The first kappa shape index (κ1) is 22.0. The number of imidazole rings is 1. The van der Waals surface area contributed by atoms with Gasteiger partial charge < -0.3 is 9.30 Å². The second kappa shape index (κ2) is 8.87. The van der Waals surface area contributed by atoms with Crippen LogP contribution in [0.4, 0.5) is 0 Å². The first-order chi connectivity index (χ1) is 16.4. The van der Waals surface area contributed by atoms with Gasteiger partial charge >= 0.3 is 5.69 Å². The predicted molar refractivity (Wildman–Crippen MR) is 129 cm³/mol. The number of fused-ring (bicyclic) bond motifs is 1. The van der Waals surface area contributed by atoms with E-state index in [4.69, 9.17) is 4.74 Å². The zero-order chi connectivity index (χ0) is 23.8. The number of hydrogen-bond donors (Lipinski definition) is 0. The van der Waals surface area contributed by atoms with Crippen LogP contribution < -0.4 is 11.2 Å². The van der Waals surface area contributed by atoms with Crippen molar-refractivity contribution < 1.29 is 9.53 Å². The number of hydrogen-bond acceptors (Lipinski definition) is 5. The molecular formula is C26H26N4O4. The van der Waals surface area contributed by atoms with Gasteiger partial charge in [-0.25, -0.2) is 14.3 Å². The summed E-state index contributed by atoms with van der Waals surface area (Å²) in [5.74, 6) is -0.141. The van der Waals surface area contributed by atoms with Crippen molar-refractivity contribution in [3.63, 3.8) is 0 Å². The van der Waals surface area contributed by atoms with Crippen LogP contribution in [0.15, 0.2) is 64.4 Å². The molecule has 174 valence electrons. The summed E-state index contributed by atoms with van der Waals surface area (Å²) >= 11 is 0. The quantitative estimate of drug-likeness (QED) is 0.415. The number of aromatic nitrogens is 4. The third-order valence-electron chi connectivity index (χ3n) is 6.35. The molecule has 0 bridgehead atoms. The topological polar surface area (TPSA) is 88.1 Å². The summed E-state index contributed by atoms with van der Waals surface area (Å²) in [6.45, 7) is 4.59. The van der Waals surface area contributed by atoms with E-state index >= 15 is 0 Å². The minimum absolute atomic E-state index is 0.0549. The average molecular weight is 459 g/mol. The Kier molecular flexibility index (Phi) is 5.75. The number of benzene rings is 2. The van der Waals surface area contributed by atoms with Crippen LogP contribution in [0.25, 0.3) is 16.9 Å². The van der Waals surface area contributed by atoms with Crippen molar-refractivity contribution in [3.05, 3.63) is 92.4 Å². The summed E-state index contributed by atoms with van der Waals surface area (Å²) < 4.78 is 9.94. The highest BCUT2D eigenvalue weighted by Crippen LogP contribution is 2.18. The standard InChI is InChI=1S/C26H26N4O4/c1-17-9-11-19(12-10-17)22(31)15-28-16-27-24-23(28)25(32)29(14-20-7-5-13-34-20)26(33)30(24)21-8-4-3-6-18(21)2/h3-4,6,8-12,16,20H,5,7,13-15H2,1-2H3/t20-/m1/s1. The summed E-state index contributed by atoms with van der Waals surface area (Å²) in [5, 5.41) is 0. The average Bonchev–Trinajstić information content (AvgIpc) is 3.49. The maximum atomic E-state index is 13.6. The zero-order valence-corrected chi connectivity index (χ0v) is 19.2. The number of aryl methyl sites for hydroxylation is 2. The minimum atomic E-state index is -0.463. The molecule has 0 saturated carbocycles. The summed E-state index contributed by atoms with van der Waals surface area (Å²) in [6, 6.07) is 14.8. The number of rotatable bonds is 6. The highest BCUT2D eigenvalue weighted by atomic mass is 16.5. The maximum Gasteiger partial charge on any atom is 0.337 e. The smallest absolute Gasteiger partial charge is 0.337 e. The Morgan fingerprint density at radius 2 is 1.85 bits per heavy atom. The molecule has 1 aliphatic rings. The molecular weight excluding hydrogens is 432 g/mol. The van der Waals surface area contributed by atoms with E-state index in [1.54, 1.807) is 16.7 Å². The van der Waals surface area contributed by atoms with Gasteiger partial charge in [-0.1, -0.05) is 48.0 Å². The van der Waals surface area contributed by atoms with Crippen LogP contribution in [0.3, 0.4) is 0 Å². The number of ether oxygens (including phenoxy) is 1. The molecule has 5 rings (SSSR count). The fraction of sp³-hybridized carbons (Fsp3) is 0.308. The molecule has 3 heterocycles. The van der Waals surface area contributed by atoms with Crippen molar-refractivity contribution in [3.8, 4) is 5.69 Å². The van der Waals surface area contributed by atoms with Crippen molar-refractivity contribution in [2.24, 2.45) is 0 Å². The summed E-state index contributed by atoms with van der Waals surface area (Å²) in [6.07, 6.45) is 2.96. The van der Waals surface area contributed by atoms with E-state index in [0.29, 0.717) is 17.9 Å². The molecule has 0 radical (unpaired) electrons. The van der Waals surface area contributed by atoms with Crippen LogP contribution in [-0.2, 0) is 17.8 Å². The fourth-order valence-electron chi connectivity index (χ4n) is 4.47. The van der Waals surface area contributed by atoms with E-state index in [1.165, 1.54) is 15.5 Å². The highest BCUT2D eigenvalue weighted by molar-refractivity contribution is 5.96. The highest BCUT2D eigenvalue weighted by Gasteiger charge is 2.24. The van der Waals surface area contributed by atoms with E-state index in [-0.39, 0.29) is 36.1 Å². The van der Waals surface area contributed by atoms with Gasteiger partial charge in [0, 0.05) is 12.2 Å². The lowest BCUT2D eigenvalue weighted by molar-refractivity contribution is 0.0947. The van der Waals surface area contributed by atoms with Crippen LogP contribution in [0.2, 0.25) is 0 Å². The Bertz CT molecular complexity index is 1490. The van der Waals surface area contributed by atoms with Crippen LogP contribution >= 0.6 is 0 Å². The monoisotopic (exact) mass is 458 g/mol. The van der Waals surface area contributed by atoms with Gasteiger partial charge in [-0.15, -0.1) is 0 Å². The number of nitrogens with zero attached hydrogens (tertiary/aromatic N) is 4.